The fraction of sp³-hybridized carbons (Fsp3) is 0.333. The number of methoxy groups -OCH3 is 1. The van der Waals surface area contributed by atoms with Gasteiger partial charge in [0.05, 0.1) is 19.6 Å². The van der Waals surface area contributed by atoms with Crippen LogP contribution in [0.3, 0.4) is 0 Å². The first-order valence-electron chi connectivity index (χ1n) is 8.53. The van der Waals surface area contributed by atoms with Crippen LogP contribution in [0.25, 0.3) is 0 Å². The quantitative estimate of drug-likeness (QED) is 0.836. The van der Waals surface area contributed by atoms with Crippen molar-refractivity contribution >= 4 is 0 Å². The molecule has 2 unspecified atom stereocenters. The van der Waals surface area contributed by atoms with E-state index in [9.17, 15) is 5.11 Å². The summed E-state index contributed by atoms with van der Waals surface area (Å²) in [7, 11) is 1.69. The molecule has 25 heavy (non-hydrogen) atoms. The zero-order valence-corrected chi connectivity index (χ0v) is 14.7. The molecule has 2 heterocycles. The second-order valence-corrected chi connectivity index (χ2v) is 6.87. The van der Waals surface area contributed by atoms with Gasteiger partial charge in [0.25, 0.3) is 0 Å². The molecule has 0 bridgehead atoms. The summed E-state index contributed by atoms with van der Waals surface area (Å²) in [4.78, 5) is 0. The fourth-order valence-corrected chi connectivity index (χ4v) is 3.58. The number of hydrogen-bond acceptors (Lipinski definition) is 4. The van der Waals surface area contributed by atoms with Crippen LogP contribution < -0.4 is 14.2 Å². The number of ether oxygens (including phenoxy) is 3. The Kier molecular flexibility index (Phi) is 3.83. The van der Waals surface area contributed by atoms with Crippen molar-refractivity contribution in [2.45, 2.75) is 32.3 Å². The van der Waals surface area contributed by atoms with Crippen LogP contribution in [0.15, 0.2) is 42.0 Å². The molecule has 4 rings (SSSR count). The minimum atomic E-state index is -0.0808. The highest BCUT2D eigenvalue weighted by Crippen LogP contribution is 2.52. The van der Waals surface area contributed by atoms with E-state index in [2.05, 4.69) is 26.0 Å². The number of rotatable bonds is 3. The molecule has 0 saturated carbocycles. The molecule has 2 atom stereocenters. The van der Waals surface area contributed by atoms with Gasteiger partial charge in [0.15, 0.2) is 0 Å². The summed E-state index contributed by atoms with van der Waals surface area (Å²) in [6.45, 7) is 4.74. The molecule has 0 saturated heterocycles. The molecule has 0 aromatic heterocycles. The number of allylic oxidation sites excluding steroid dienone is 2. The maximum absolute atomic E-state index is 9.67. The summed E-state index contributed by atoms with van der Waals surface area (Å²) < 4.78 is 17.7. The molecule has 0 radical (unpaired) electrons. The van der Waals surface area contributed by atoms with Crippen LogP contribution in [0.2, 0.25) is 0 Å². The van der Waals surface area contributed by atoms with Gasteiger partial charge in [-0.15, -0.1) is 0 Å². The van der Waals surface area contributed by atoms with Gasteiger partial charge < -0.3 is 19.3 Å². The van der Waals surface area contributed by atoms with E-state index < -0.39 is 0 Å². The van der Waals surface area contributed by atoms with E-state index in [0.29, 0.717) is 12.4 Å². The third kappa shape index (κ3) is 2.72. The third-order valence-electron chi connectivity index (χ3n) is 4.88. The lowest BCUT2D eigenvalue weighted by atomic mass is 9.88. The monoisotopic (exact) mass is 338 g/mol. The van der Waals surface area contributed by atoms with Crippen molar-refractivity contribution in [3.63, 3.8) is 0 Å². The average Bonchev–Trinajstić information content (AvgIpc) is 2.96. The first kappa shape index (κ1) is 15.9. The molecule has 1 N–H and O–H groups in total. The number of fused-ring (bicyclic) bond motifs is 5. The summed E-state index contributed by atoms with van der Waals surface area (Å²) in [5, 5.41) is 9.67. The maximum Gasteiger partial charge on any atom is 0.138 e. The Morgan fingerprint density at radius 3 is 2.80 bits per heavy atom. The van der Waals surface area contributed by atoms with Crippen molar-refractivity contribution in [2.75, 3.05) is 13.7 Å². The van der Waals surface area contributed by atoms with Gasteiger partial charge in [0, 0.05) is 23.3 Å². The summed E-state index contributed by atoms with van der Waals surface area (Å²) in [5.41, 5.74) is 4.59. The molecule has 0 fully saturated rings. The summed E-state index contributed by atoms with van der Waals surface area (Å²) >= 11 is 0. The predicted molar refractivity (Wildman–Crippen MR) is 95.8 cm³/mol. The van der Waals surface area contributed by atoms with E-state index in [1.54, 1.807) is 19.2 Å². The van der Waals surface area contributed by atoms with Gasteiger partial charge >= 0.3 is 0 Å². The zero-order valence-electron chi connectivity index (χ0n) is 14.7. The summed E-state index contributed by atoms with van der Waals surface area (Å²) in [6.07, 6.45) is 2.96. The second kappa shape index (κ2) is 6.03. The molecule has 0 amide bonds. The Hall–Kier alpha value is -2.62. The number of phenols is 1. The maximum atomic E-state index is 9.67. The van der Waals surface area contributed by atoms with E-state index in [0.717, 1.165) is 29.0 Å². The Morgan fingerprint density at radius 1 is 1.20 bits per heavy atom. The standard InChI is InChI=1S/C21H22O4/c1-12(2)4-5-13-8-16-17-11-24-19-9-14(22)6-7-15(19)21(17)25-20(16)10-18(13)23-3/h4,6-10,17,21-22H,5,11H2,1-3H3. The van der Waals surface area contributed by atoms with Gasteiger partial charge in [-0.05, 0) is 44.0 Å². The van der Waals surface area contributed by atoms with E-state index in [-0.39, 0.29) is 17.8 Å². The van der Waals surface area contributed by atoms with Crippen LogP contribution in [-0.2, 0) is 6.42 Å². The van der Waals surface area contributed by atoms with Gasteiger partial charge in [-0.1, -0.05) is 11.6 Å². The largest absolute Gasteiger partial charge is 0.508 e. The lowest BCUT2D eigenvalue weighted by Gasteiger charge is -2.27. The number of benzene rings is 2. The molecule has 4 nitrogen and oxygen atoms in total. The number of aromatic hydroxyl groups is 1. The zero-order chi connectivity index (χ0) is 17.6. The molecule has 0 aliphatic carbocycles. The summed E-state index contributed by atoms with van der Waals surface area (Å²) in [5.74, 6) is 2.77. The van der Waals surface area contributed by atoms with Gasteiger partial charge in [0.2, 0.25) is 0 Å². The molecule has 2 aliphatic rings. The van der Waals surface area contributed by atoms with E-state index in [4.69, 9.17) is 14.2 Å². The average molecular weight is 338 g/mol. The molecular formula is C21H22O4. The lowest BCUT2D eigenvalue weighted by molar-refractivity contribution is 0.139. The Balaban J connectivity index is 1.73. The van der Waals surface area contributed by atoms with E-state index >= 15 is 0 Å². The number of hydrogen-bond donors (Lipinski definition) is 1. The van der Waals surface area contributed by atoms with Crippen LogP contribution >= 0.6 is 0 Å². The highest BCUT2D eigenvalue weighted by molar-refractivity contribution is 5.55. The van der Waals surface area contributed by atoms with E-state index in [1.807, 2.05) is 12.1 Å². The highest BCUT2D eigenvalue weighted by atomic mass is 16.5. The van der Waals surface area contributed by atoms with Gasteiger partial charge in [-0.3, -0.25) is 0 Å². The lowest BCUT2D eigenvalue weighted by Crippen LogP contribution is -2.23. The van der Waals surface area contributed by atoms with Gasteiger partial charge in [-0.25, -0.2) is 0 Å². The molecule has 2 aliphatic heterocycles. The third-order valence-corrected chi connectivity index (χ3v) is 4.88. The first-order valence-corrected chi connectivity index (χ1v) is 8.53. The van der Waals surface area contributed by atoms with Crippen molar-refractivity contribution in [1.82, 2.24) is 0 Å². The minimum Gasteiger partial charge on any atom is -0.508 e. The molecule has 2 aromatic rings. The molecular weight excluding hydrogens is 316 g/mol. The molecule has 0 spiro atoms. The van der Waals surface area contributed by atoms with Crippen molar-refractivity contribution < 1.29 is 19.3 Å². The molecule has 130 valence electrons. The van der Waals surface area contributed by atoms with E-state index in [1.165, 1.54) is 11.1 Å². The smallest absolute Gasteiger partial charge is 0.138 e. The predicted octanol–water partition coefficient (Wildman–Crippen LogP) is 4.52. The van der Waals surface area contributed by atoms with Crippen LogP contribution in [0.4, 0.5) is 0 Å². The fourth-order valence-electron chi connectivity index (χ4n) is 3.58. The topological polar surface area (TPSA) is 47.9 Å². The van der Waals surface area contributed by atoms with Crippen LogP contribution in [0, 0.1) is 0 Å². The first-order chi connectivity index (χ1) is 12.1. The van der Waals surface area contributed by atoms with Crippen molar-refractivity contribution in [2.24, 2.45) is 0 Å². The van der Waals surface area contributed by atoms with Crippen molar-refractivity contribution in [3.8, 4) is 23.0 Å². The number of phenolic OH excluding ortho intramolecular Hbond substituents is 1. The molecule has 4 heteroatoms. The van der Waals surface area contributed by atoms with Crippen molar-refractivity contribution in [3.05, 3.63) is 58.7 Å². The van der Waals surface area contributed by atoms with Crippen molar-refractivity contribution in [1.29, 1.82) is 0 Å². The molecule has 2 aromatic carbocycles. The van der Waals surface area contributed by atoms with Gasteiger partial charge in [0.1, 0.15) is 29.1 Å². The normalized spacial score (nSPS) is 19.8. The highest BCUT2D eigenvalue weighted by Gasteiger charge is 2.41. The Bertz CT molecular complexity index is 849. The SMILES string of the molecule is COc1cc2c(cc1CC=C(C)C)C1COc3cc(O)ccc3C1O2. The van der Waals surface area contributed by atoms with Crippen LogP contribution in [-0.4, -0.2) is 18.8 Å². The second-order valence-electron chi connectivity index (χ2n) is 6.87. The Labute approximate surface area is 147 Å². The summed E-state index contributed by atoms with van der Waals surface area (Å²) in [6, 6.07) is 9.39. The van der Waals surface area contributed by atoms with Gasteiger partial charge in [-0.2, -0.15) is 0 Å². The van der Waals surface area contributed by atoms with Crippen LogP contribution in [0.5, 0.6) is 23.0 Å². The Morgan fingerprint density at radius 2 is 2.04 bits per heavy atom. The minimum absolute atomic E-state index is 0.0808. The van der Waals surface area contributed by atoms with Crippen LogP contribution in [0.1, 0.15) is 42.6 Å².